The third kappa shape index (κ3) is 2.88. The standard InChI is InChI=1S/C19H23NO2S/c1-5-22-15-6-7-17-16(10-15)13(2)11-19(3,4)20(17)18(21)14-8-9-23-12-14/h6-10,12-13H,5,11H2,1-4H3. The van der Waals surface area contributed by atoms with E-state index in [2.05, 4.69) is 26.8 Å². The van der Waals surface area contributed by atoms with Crippen molar-refractivity contribution in [3.63, 3.8) is 0 Å². The van der Waals surface area contributed by atoms with E-state index in [-0.39, 0.29) is 11.4 Å². The third-order valence-corrected chi connectivity index (χ3v) is 5.15. The van der Waals surface area contributed by atoms with Crippen LogP contribution in [-0.4, -0.2) is 18.1 Å². The van der Waals surface area contributed by atoms with Crippen LogP contribution in [0.25, 0.3) is 0 Å². The minimum atomic E-state index is -0.210. The second-order valence-corrected chi connectivity index (χ2v) is 7.50. The highest BCUT2D eigenvalue weighted by Gasteiger charge is 2.40. The zero-order valence-electron chi connectivity index (χ0n) is 14.1. The Bertz CT molecular complexity index is 706. The average molecular weight is 329 g/mol. The summed E-state index contributed by atoms with van der Waals surface area (Å²) in [6, 6.07) is 7.98. The zero-order chi connectivity index (χ0) is 16.6. The molecule has 0 fully saturated rings. The highest BCUT2D eigenvalue weighted by Crippen LogP contribution is 2.45. The van der Waals surface area contributed by atoms with Crippen molar-refractivity contribution in [1.82, 2.24) is 0 Å². The molecule has 1 aromatic heterocycles. The topological polar surface area (TPSA) is 29.5 Å². The minimum Gasteiger partial charge on any atom is -0.494 e. The van der Waals surface area contributed by atoms with Crippen LogP contribution in [0, 0.1) is 0 Å². The molecule has 1 aliphatic rings. The number of fused-ring (bicyclic) bond motifs is 1. The second-order valence-electron chi connectivity index (χ2n) is 6.72. The Kier molecular flexibility index (Phi) is 4.19. The Balaban J connectivity index is 2.08. The summed E-state index contributed by atoms with van der Waals surface area (Å²) in [6.45, 7) is 9.15. The molecule has 1 atom stereocenters. The number of hydrogen-bond donors (Lipinski definition) is 0. The van der Waals surface area contributed by atoms with Gasteiger partial charge in [-0.2, -0.15) is 11.3 Å². The van der Waals surface area contributed by atoms with Gasteiger partial charge in [-0.05, 0) is 68.3 Å². The minimum absolute atomic E-state index is 0.0774. The van der Waals surface area contributed by atoms with Crippen LogP contribution in [0.4, 0.5) is 5.69 Å². The van der Waals surface area contributed by atoms with Gasteiger partial charge in [-0.3, -0.25) is 4.79 Å². The van der Waals surface area contributed by atoms with Crippen molar-refractivity contribution in [1.29, 1.82) is 0 Å². The van der Waals surface area contributed by atoms with Crippen molar-refractivity contribution >= 4 is 22.9 Å². The maximum atomic E-state index is 13.1. The van der Waals surface area contributed by atoms with Gasteiger partial charge < -0.3 is 9.64 Å². The van der Waals surface area contributed by atoms with Crippen LogP contribution in [0.2, 0.25) is 0 Å². The van der Waals surface area contributed by atoms with Crippen LogP contribution >= 0.6 is 11.3 Å². The Morgan fingerprint density at radius 1 is 1.39 bits per heavy atom. The number of amides is 1. The maximum absolute atomic E-state index is 13.1. The van der Waals surface area contributed by atoms with Crippen molar-refractivity contribution in [2.24, 2.45) is 0 Å². The zero-order valence-corrected chi connectivity index (χ0v) is 14.9. The quantitative estimate of drug-likeness (QED) is 0.786. The Labute approximate surface area is 141 Å². The number of carbonyl (C=O) groups excluding carboxylic acids is 1. The van der Waals surface area contributed by atoms with Gasteiger partial charge in [0.15, 0.2) is 0 Å². The van der Waals surface area contributed by atoms with Crippen LogP contribution in [0.5, 0.6) is 5.75 Å². The molecule has 1 aromatic carbocycles. The molecule has 1 aliphatic heterocycles. The number of hydrogen-bond acceptors (Lipinski definition) is 3. The molecule has 23 heavy (non-hydrogen) atoms. The van der Waals surface area contributed by atoms with E-state index in [1.54, 1.807) is 11.3 Å². The van der Waals surface area contributed by atoms with Crippen molar-refractivity contribution in [2.75, 3.05) is 11.5 Å². The van der Waals surface area contributed by atoms with E-state index in [0.29, 0.717) is 12.5 Å². The van der Waals surface area contributed by atoms with E-state index >= 15 is 0 Å². The molecule has 4 heteroatoms. The third-order valence-electron chi connectivity index (χ3n) is 4.46. The van der Waals surface area contributed by atoms with Gasteiger partial charge in [-0.25, -0.2) is 0 Å². The molecule has 2 aromatic rings. The monoisotopic (exact) mass is 329 g/mol. The molecule has 1 amide bonds. The second kappa shape index (κ2) is 6.00. The lowest BCUT2D eigenvalue weighted by molar-refractivity contribution is 0.0954. The molecule has 3 nitrogen and oxygen atoms in total. The number of thiophene rings is 1. The smallest absolute Gasteiger partial charge is 0.259 e. The Morgan fingerprint density at radius 3 is 2.83 bits per heavy atom. The van der Waals surface area contributed by atoms with Crippen LogP contribution < -0.4 is 9.64 Å². The molecule has 0 radical (unpaired) electrons. The van der Waals surface area contributed by atoms with Crippen LogP contribution in [0.15, 0.2) is 35.0 Å². The maximum Gasteiger partial charge on any atom is 0.259 e. The van der Waals surface area contributed by atoms with Crippen LogP contribution in [-0.2, 0) is 0 Å². The molecule has 3 rings (SSSR count). The number of benzene rings is 1. The van der Waals surface area contributed by atoms with Gasteiger partial charge in [-0.15, -0.1) is 0 Å². The highest BCUT2D eigenvalue weighted by atomic mass is 32.1. The first-order valence-corrected chi connectivity index (χ1v) is 9.02. The first kappa shape index (κ1) is 16.1. The van der Waals surface area contributed by atoms with Gasteiger partial charge in [0, 0.05) is 16.6 Å². The van der Waals surface area contributed by atoms with Gasteiger partial charge in [0.1, 0.15) is 5.75 Å². The first-order valence-electron chi connectivity index (χ1n) is 8.07. The molecule has 2 heterocycles. The van der Waals surface area contributed by atoms with Gasteiger partial charge >= 0.3 is 0 Å². The fraction of sp³-hybridized carbons (Fsp3) is 0.421. The first-order chi connectivity index (χ1) is 10.9. The molecular weight excluding hydrogens is 306 g/mol. The number of nitrogens with zero attached hydrogens (tertiary/aromatic N) is 1. The van der Waals surface area contributed by atoms with Crippen molar-refractivity contribution in [2.45, 2.75) is 45.6 Å². The summed E-state index contributed by atoms with van der Waals surface area (Å²) >= 11 is 1.56. The molecule has 122 valence electrons. The van der Waals surface area contributed by atoms with E-state index in [0.717, 1.165) is 23.4 Å². The van der Waals surface area contributed by atoms with Gasteiger partial charge in [-0.1, -0.05) is 6.92 Å². The summed E-state index contributed by atoms with van der Waals surface area (Å²) in [5.74, 6) is 1.35. The van der Waals surface area contributed by atoms with E-state index in [1.807, 2.05) is 40.8 Å². The largest absolute Gasteiger partial charge is 0.494 e. The number of carbonyl (C=O) groups is 1. The predicted molar refractivity (Wildman–Crippen MR) is 95.9 cm³/mol. The molecule has 0 spiro atoms. The molecule has 0 aliphatic carbocycles. The van der Waals surface area contributed by atoms with E-state index < -0.39 is 0 Å². The normalized spacial score (nSPS) is 19.3. The summed E-state index contributed by atoms with van der Waals surface area (Å²) in [5, 5.41) is 3.87. The summed E-state index contributed by atoms with van der Waals surface area (Å²) < 4.78 is 5.64. The molecule has 0 bridgehead atoms. The van der Waals surface area contributed by atoms with E-state index in [4.69, 9.17) is 4.74 Å². The van der Waals surface area contributed by atoms with Crippen LogP contribution in [0.3, 0.4) is 0 Å². The Morgan fingerprint density at radius 2 is 2.17 bits per heavy atom. The van der Waals surface area contributed by atoms with E-state index in [1.165, 1.54) is 5.56 Å². The lowest BCUT2D eigenvalue weighted by atomic mass is 9.79. The summed E-state index contributed by atoms with van der Waals surface area (Å²) in [6.07, 6.45) is 0.936. The predicted octanol–water partition coefficient (Wildman–Crippen LogP) is 5.08. The molecule has 1 unspecified atom stereocenters. The fourth-order valence-electron chi connectivity index (χ4n) is 3.56. The Hall–Kier alpha value is -1.81. The number of ether oxygens (including phenoxy) is 1. The number of anilines is 1. The SMILES string of the molecule is CCOc1ccc2c(c1)C(C)CC(C)(C)N2C(=O)c1ccsc1. The molecule has 0 N–H and O–H groups in total. The lowest BCUT2D eigenvalue weighted by Crippen LogP contribution is -2.51. The van der Waals surface area contributed by atoms with Gasteiger partial charge in [0.05, 0.1) is 12.2 Å². The van der Waals surface area contributed by atoms with E-state index in [9.17, 15) is 4.79 Å². The lowest BCUT2D eigenvalue weighted by Gasteiger charge is -2.46. The fourth-order valence-corrected chi connectivity index (χ4v) is 4.19. The highest BCUT2D eigenvalue weighted by molar-refractivity contribution is 7.08. The van der Waals surface area contributed by atoms with Gasteiger partial charge in [0.25, 0.3) is 5.91 Å². The van der Waals surface area contributed by atoms with Gasteiger partial charge in [0.2, 0.25) is 0 Å². The van der Waals surface area contributed by atoms with Crippen LogP contribution in [0.1, 0.15) is 56.0 Å². The number of rotatable bonds is 3. The molecule has 0 saturated carbocycles. The summed E-state index contributed by atoms with van der Waals surface area (Å²) in [7, 11) is 0. The summed E-state index contributed by atoms with van der Waals surface area (Å²) in [5.41, 5.74) is 2.75. The summed E-state index contributed by atoms with van der Waals surface area (Å²) in [4.78, 5) is 15.0. The molecular formula is C19H23NO2S. The molecule has 0 saturated heterocycles. The van der Waals surface area contributed by atoms with Crippen molar-refractivity contribution in [3.8, 4) is 5.75 Å². The van der Waals surface area contributed by atoms with Crippen molar-refractivity contribution < 1.29 is 9.53 Å². The van der Waals surface area contributed by atoms with Crippen molar-refractivity contribution in [3.05, 3.63) is 46.2 Å². The average Bonchev–Trinajstić information content (AvgIpc) is 3.01.